The summed E-state index contributed by atoms with van der Waals surface area (Å²) in [5.41, 5.74) is 2.33. The second-order valence-electron chi connectivity index (χ2n) is 8.33. The molecule has 0 aliphatic rings. The fraction of sp³-hybridized carbons (Fsp3) is 0.400. The van der Waals surface area contributed by atoms with E-state index in [2.05, 4.69) is 26.1 Å². The maximum atomic E-state index is 12.2. The molecule has 2 rings (SSSR count). The number of nitrogens with one attached hydrogen (secondary N) is 1. The van der Waals surface area contributed by atoms with Crippen LogP contribution in [0, 0.1) is 0 Å². The molecule has 0 fully saturated rings. The molecule has 2 aromatic rings. The van der Waals surface area contributed by atoms with E-state index in [0.717, 1.165) is 12.0 Å². The molecule has 0 heterocycles. The van der Waals surface area contributed by atoms with Crippen molar-refractivity contribution in [1.29, 1.82) is 0 Å². The summed E-state index contributed by atoms with van der Waals surface area (Å²) in [5, 5.41) is 2.69. The fourth-order valence-electron chi connectivity index (χ4n) is 2.79. The first kappa shape index (κ1) is 24.1. The van der Waals surface area contributed by atoms with Gasteiger partial charge in [-0.3, -0.25) is 14.4 Å². The predicted molar refractivity (Wildman–Crippen MR) is 121 cm³/mol. The molecule has 6 nitrogen and oxygen atoms in total. The van der Waals surface area contributed by atoms with Gasteiger partial charge in [0.2, 0.25) is 0 Å². The maximum Gasteiger partial charge on any atom is 0.306 e. The lowest BCUT2D eigenvalue weighted by atomic mass is 9.87. The number of ether oxygens (including phenoxy) is 2. The molecule has 0 bridgehead atoms. The van der Waals surface area contributed by atoms with Crippen molar-refractivity contribution in [3.8, 4) is 5.75 Å². The van der Waals surface area contributed by atoms with Crippen molar-refractivity contribution in [3.63, 3.8) is 0 Å². The Bertz CT molecular complexity index is 880. The van der Waals surface area contributed by atoms with Gasteiger partial charge in [0.25, 0.3) is 5.91 Å². The number of carbonyl (C=O) groups is 3. The average Bonchev–Trinajstić information content (AvgIpc) is 2.74. The summed E-state index contributed by atoms with van der Waals surface area (Å²) in [4.78, 5) is 36.1. The number of rotatable bonds is 10. The van der Waals surface area contributed by atoms with E-state index in [0.29, 0.717) is 23.6 Å². The number of esters is 1. The van der Waals surface area contributed by atoms with Gasteiger partial charge in [0, 0.05) is 17.7 Å². The van der Waals surface area contributed by atoms with Crippen LogP contribution in [0.3, 0.4) is 0 Å². The number of hydrogen-bond acceptors (Lipinski definition) is 5. The molecule has 0 aromatic heterocycles. The Morgan fingerprint density at radius 3 is 2.13 bits per heavy atom. The van der Waals surface area contributed by atoms with Crippen LogP contribution in [0.4, 0.5) is 5.69 Å². The molecule has 6 heteroatoms. The minimum atomic E-state index is -0.588. The van der Waals surface area contributed by atoms with Crippen LogP contribution in [-0.4, -0.2) is 30.9 Å². The van der Waals surface area contributed by atoms with Crippen molar-refractivity contribution in [3.05, 3.63) is 59.7 Å². The van der Waals surface area contributed by atoms with Crippen molar-refractivity contribution in [2.45, 2.75) is 52.4 Å². The van der Waals surface area contributed by atoms with Gasteiger partial charge in [0.05, 0.1) is 13.0 Å². The van der Waals surface area contributed by atoms with E-state index in [1.807, 2.05) is 31.2 Å². The van der Waals surface area contributed by atoms with Gasteiger partial charge in [-0.1, -0.05) is 39.8 Å². The summed E-state index contributed by atoms with van der Waals surface area (Å²) in [7, 11) is 0. The molecule has 1 amide bonds. The van der Waals surface area contributed by atoms with E-state index in [1.165, 1.54) is 0 Å². The standard InChI is InChI=1S/C25H31NO5/c1-5-16-30-21-12-6-18(7-13-21)22(27)14-15-24(29)31-17-23(28)26-20-10-8-19(9-11-20)25(2,3)4/h6-13H,5,14-17H2,1-4H3,(H,26,28). The van der Waals surface area contributed by atoms with Crippen LogP contribution in [0.15, 0.2) is 48.5 Å². The van der Waals surface area contributed by atoms with E-state index >= 15 is 0 Å². The number of anilines is 1. The van der Waals surface area contributed by atoms with Crippen LogP contribution in [0.2, 0.25) is 0 Å². The first-order valence-corrected chi connectivity index (χ1v) is 10.5. The smallest absolute Gasteiger partial charge is 0.306 e. The van der Waals surface area contributed by atoms with Gasteiger partial charge < -0.3 is 14.8 Å². The van der Waals surface area contributed by atoms with Crippen LogP contribution in [-0.2, 0) is 19.7 Å². The lowest BCUT2D eigenvalue weighted by molar-refractivity contribution is -0.147. The van der Waals surface area contributed by atoms with Gasteiger partial charge in [-0.25, -0.2) is 0 Å². The van der Waals surface area contributed by atoms with Gasteiger partial charge in [0.15, 0.2) is 12.4 Å². The molecule has 31 heavy (non-hydrogen) atoms. The first-order chi connectivity index (χ1) is 14.7. The highest BCUT2D eigenvalue weighted by atomic mass is 16.5. The first-order valence-electron chi connectivity index (χ1n) is 10.5. The second-order valence-corrected chi connectivity index (χ2v) is 8.33. The zero-order valence-electron chi connectivity index (χ0n) is 18.7. The number of hydrogen-bond donors (Lipinski definition) is 1. The predicted octanol–water partition coefficient (Wildman–Crippen LogP) is 4.92. The van der Waals surface area contributed by atoms with E-state index in [9.17, 15) is 14.4 Å². The minimum absolute atomic E-state index is 0.0177. The van der Waals surface area contributed by atoms with E-state index < -0.39 is 18.5 Å². The third-order valence-corrected chi connectivity index (χ3v) is 4.60. The molecule has 0 aliphatic heterocycles. The molecule has 1 N–H and O–H groups in total. The lowest BCUT2D eigenvalue weighted by Gasteiger charge is -2.19. The molecular weight excluding hydrogens is 394 g/mol. The van der Waals surface area contributed by atoms with Crippen molar-refractivity contribution < 1.29 is 23.9 Å². The van der Waals surface area contributed by atoms with Crippen molar-refractivity contribution in [2.24, 2.45) is 0 Å². The zero-order chi connectivity index (χ0) is 22.9. The van der Waals surface area contributed by atoms with Crippen molar-refractivity contribution in [1.82, 2.24) is 0 Å². The molecule has 0 atom stereocenters. The quantitative estimate of drug-likeness (QED) is 0.432. The highest BCUT2D eigenvalue weighted by Crippen LogP contribution is 2.23. The minimum Gasteiger partial charge on any atom is -0.494 e. The van der Waals surface area contributed by atoms with Gasteiger partial charge >= 0.3 is 5.97 Å². The summed E-state index contributed by atoms with van der Waals surface area (Å²) in [6.45, 7) is 8.59. The van der Waals surface area contributed by atoms with Crippen LogP contribution in [0.5, 0.6) is 5.75 Å². The highest BCUT2D eigenvalue weighted by Gasteiger charge is 2.14. The molecule has 0 unspecified atom stereocenters. The summed E-state index contributed by atoms with van der Waals surface area (Å²) in [6, 6.07) is 14.4. The largest absolute Gasteiger partial charge is 0.494 e. The normalized spacial score (nSPS) is 11.0. The molecule has 166 valence electrons. The van der Waals surface area contributed by atoms with E-state index in [4.69, 9.17) is 9.47 Å². The van der Waals surface area contributed by atoms with Crippen molar-refractivity contribution in [2.75, 3.05) is 18.5 Å². The van der Waals surface area contributed by atoms with Crippen LogP contribution in [0.1, 0.15) is 62.9 Å². The van der Waals surface area contributed by atoms with E-state index in [-0.39, 0.29) is 24.0 Å². The molecule has 0 saturated heterocycles. The zero-order valence-corrected chi connectivity index (χ0v) is 18.7. The fourth-order valence-corrected chi connectivity index (χ4v) is 2.79. The van der Waals surface area contributed by atoms with Crippen LogP contribution < -0.4 is 10.1 Å². The number of carbonyl (C=O) groups excluding carboxylic acids is 3. The Labute approximate surface area is 183 Å². The summed E-state index contributed by atoms with van der Waals surface area (Å²) >= 11 is 0. The Kier molecular flexibility index (Phi) is 8.79. The van der Waals surface area contributed by atoms with Gasteiger partial charge in [-0.05, 0) is 53.8 Å². The summed E-state index contributed by atoms with van der Waals surface area (Å²) in [6.07, 6.45) is 0.842. The Balaban J connectivity index is 1.72. The number of ketones is 1. The number of amides is 1. The molecule has 2 aromatic carbocycles. The molecule has 0 radical (unpaired) electrons. The maximum absolute atomic E-state index is 12.2. The lowest BCUT2D eigenvalue weighted by Crippen LogP contribution is -2.21. The van der Waals surface area contributed by atoms with Gasteiger partial charge in [0.1, 0.15) is 5.75 Å². The molecule has 0 saturated carbocycles. The van der Waals surface area contributed by atoms with Crippen molar-refractivity contribution >= 4 is 23.3 Å². The molecular formula is C25H31NO5. The third kappa shape index (κ3) is 8.24. The van der Waals surface area contributed by atoms with Gasteiger partial charge in [-0.2, -0.15) is 0 Å². The topological polar surface area (TPSA) is 81.7 Å². The van der Waals surface area contributed by atoms with E-state index in [1.54, 1.807) is 24.3 Å². The molecule has 0 spiro atoms. The number of benzene rings is 2. The second kappa shape index (κ2) is 11.3. The number of Topliss-reactive ketones (excluding diaryl/α,β-unsaturated/α-hetero) is 1. The SMILES string of the molecule is CCCOc1ccc(C(=O)CCC(=O)OCC(=O)Nc2ccc(C(C)(C)C)cc2)cc1. The Hall–Kier alpha value is -3.15. The summed E-state index contributed by atoms with van der Waals surface area (Å²) < 4.78 is 10.5. The Morgan fingerprint density at radius 2 is 1.55 bits per heavy atom. The molecule has 0 aliphatic carbocycles. The Morgan fingerprint density at radius 1 is 0.903 bits per heavy atom. The van der Waals surface area contributed by atoms with Gasteiger partial charge in [-0.15, -0.1) is 0 Å². The highest BCUT2D eigenvalue weighted by molar-refractivity contribution is 5.98. The monoisotopic (exact) mass is 425 g/mol. The summed E-state index contributed by atoms with van der Waals surface area (Å²) in [5.74, 6) is -0.473. The van der Waals surface area contributed by atoms with Crippen LogP contribution in [0.25, 0.3) is 0 Å². The average molecular weight is 426 g/mol. The third-order valence-electron chi connectivity index (χ3n) is 4.60. The van der Waals surface area contributed by atoms with Crippen LogP contribution >= 0.6 is 0 Å².